The Hall–Kier alpha value is -2.93. The first-order chi connectivity index (χ1) is 13.1. The van der Waals surface area contributed by atoms with Gasteiger partial charge in [-0.3, -0.25) is 4.79 Å². The quantitative estimate of drug-likeness (QED) is 0.598. The number of fused-ring (bicyclic) bond motifs is 1. The van der Waals surface area contributed by atoms with Gasteiger partial charge in [-0.15, -0.1) is 11.3 Å². The monoisotopic (exact) mass is 383 g/mol. The summed E-state index contributed by atoms with van der Waals surface area (Å²) in [5.41, 5.74) is 2.63. The summed E-state index contributed by atoms with van der Waals surface area (Å²) in [4.78, 5) is 28.1. The molecule has 2 aromatic carbocycles. The maximum atomic E-state index is 12.0. The molecule has 2 amide bonds. The zero-order valence-electron chi connectivity index (χ0n) is 15.0. The number of rotatable bonds is 7. The Morgan fingerprint density at radius 1 is 1.15 bits per heavy atom. The van der Waals surface area contributed by atoms with Crippen LogP contribution in [0.15, 0.2) is 48.5 Å². The predicted molar refractivity (Wildman–Crippen MR) is 107 cm³/mol. The molecule has 0 spiro atoms. The predicted octanol–water partition coefficient (Wildman–Crippen LogP) is 4.25. The van der Waals surface area contributed by atoms with E-state index >= 15 is 0 Å². The molecule has 140 valence electrons. The summed E-state index contributed by atoms with van der Waals surface area (Å²) in [7, 11) is 0. The van der Waals surface area contributed by atoms with Gasteiger partial charge in [0.1, 0.15) is 6.61 Å². The van der Waals surface area contributed by atoms with Gasteiger partial charge in [-0.2, -0.15) is 0 Å². The highest BCUT2D eigenvalue weighted by atomic mass is 32.1. The highest BCUT2D eigenvalue weighted by Crippen LogP contribution is 2.24. The molecule has 0 fully saturated rings. The number of ether oxygens (including phenoxy) is 1. The molecule has 7 heteroatoms. The van der Waals surface area contributed by atoms with E-state index in [0.717, 1.165) is 26.5 Å². The molecule has 3 aromatic rings. The number of nitrogens with zero attached hydrogens (tertiary/aromatic N) is 1. The molecule has 0 unspecified atom stereocenters. The normalized spacial score (nSPS) is 10.6. The Bertz CT molecular complexity index is 925. The third-order valence-corrected chi connectivity index (χ3v) is 4.78. The molecule has 0 bridgehead atoms. The van der Waals surface area contributed by atoms with Crippen LogP contribution in [0.3, 0.4) is 0 Å². The average Bonchev–Trinajstić information content (AvgIpc) is 3.03. The zero-order chi connectivity index (χ0) is 19.1. The SMILES string of the molecule is Cc1nc2ccc(NC(=O)CCCNC(=O)OCc3ccccc3)cc2s1. The largest absolute Gasteiger partial charge is 0.445 e. The van der Waals surface area contributed by atoms with Crippen molar-refractivity contribution < 1.29 is 14.3 Å². The second kappa shape index (κ2) is 9.14. The Balaban J connectivity index is 1.34. The molecule has 27 heavy (non-hydrogen) atoms. The van der Waals surface area contributed by atoms with E-state index in [4.69, 9.17) is 4.74 Å². The number of amides is 2. The van der Waals surface area contributed by atoms with Crippen LogP contribution in [0.4, 0.5) is 10.5 Å². The molecule has 1 heterocycles. The van der Waals surface area contributed by atoms with Crippen LogP contribution in [0.1, 0.15) is 23.4 Å². The van der Waals surface area contributed by atoms with Gasteiger partial charge in [0.15, 0.2) is 0 Å². The summed E-state index contributed by atoms with van der Waals surface area (Å²) in [5, 5.41) is 6.52. The molecule has 0 saturated heterocycles. The van der Waals surface area contributed by atoms with Crippen molar-refractivity contribution in [3.05, 3.63) is 59.1 Å². The Labute approximate surface area is 161 Å². The first kappa shape index (κ1) is 18.8. The number of nitrogens with one attached hydrogen (secondary N) is 2. The lowest BCUT2D eigenvalue weighted by atomic mass is 10.2. The van der Waals surface area contributed by atoms with E-state index < -0.39 is 6.09 Å². The number of carbonyl (C=O) groups excluding carboxylic acids is 2. The van der Waals surface area contributed by atoms with E-state index in [-0.39, 0.29) is 12.5 Å². The standard InChI is InChI=1S/C20H21N3O3S/c1-14-22-17-10-9-16(12-18(17)27-14)23-19(24)8-5-11-21-20(25)26-13-15-6-3-2-4-7-15/h2-4,6-7,9-10,12H,5,8,11,13H2,1H3,(H,21,25)(H,23,24). The van der Waals surface area contributed by atoms with Crippen molar-refractivity contribution in [2.24, 2.45) is 0 Å². The first-order valence-electron chi connectivity index (χ1n) is 8.72. The second-order valence-corrected chi connectivity index (χ2v) is 7.29. The van der Waals surface area contributed by atoms with E-state index in [1.807, 2.05) is 55.5 Å². The highest BCUT2D eigenvalue weighted by Gasteiger charge is 2.07. The van der Waals surface area contributed by atoms with E-state index in [1.165, 1.54) is 0 Å². The number of anilines is 1. The third-order valence-electron chi connectivity index (χ3n) is 3.84. The highest BCUT2D eigenvalue weighted by molar-refractivity contribution is 7.18. The Morgan fingerprint density at radius 2 is 1.96 bits per heavy atom. The number of thiazole rings is 1. The van der Waals surface area contributed by atoms with E-state index in [2.05, 4.69) is 15.6 Å². The van der Waals surface area contributed by atoms with Crippen molar-refractivity contribution in [2.75, 3.05) is 11.9 Å². The fourth-order valence-corrected chi connectivity index (χ4v) is 3.42. The number of benzene rings is 2. The average molecular weight is 383 g/mol. The van der Waals surface area contributed by atoms with E-state index in [1.54, 1.807) is 11.3 Å². The van der Waals surface area contributed by atoms with Crippen LogP contribution in [0.2, 0.25) is 0 Å². The molecule has 0 aliphatic carbocycles. The van der Waals surface area contributed by atoms with Crippen molar-refractivity contribution in [1.82, 2.24) is 10.3 Å². The fraction of sp³-hybridized carbons (Fsp3) is 0.250. The Kier molecular flexibility index (Phi) is 6.38. The lowest BCUT2D eigenvalue weighted by Crippen LogP contribution is -2.26. The van der Waals surface area contributed by atoms with Crippen LogP contribution in [0.25, 0.3) is 10.2 Å². The maximum Gasteiger partial charge on any atom is 0.407 e. The van der Waals surface area contributed by atoms with Gasteiger partial charge in [0, 0.05) is 18.7 Å². The van der Waals surface area contributed by atoms with Gasteiger partial charge >= 0.3 is 6.09 Å². The van der Waals surface area contributed by atoms with Crippen molar-refractivity contribution in [2.45, 2.75) is 26.4 Å². The van der Waals surface area contributed by atoms with Gasteiger partial charge in [-0.05, 0) is 37.1 Å². The number of hydrogen-bond donors (Lipinski definition) is 2. The van der Waals surface area contributed by atoms with Gasteiger partial charge < -0.3 is 15.4 Å². The lowest BCUT2D eigenvalue weighted by Gasteiger charge is -2.08. The van der Waals surface area contributed by atoms with E-state index in [9.17, 15) is 9.59 Å². The zero-order valence-corrected chi connectivity index (χ0v) is 15.8. The second-order valence-electron chi connectivity index (χ2n) is 6.06. The van der Waals surface area contributed by atoms with Crippen LogP contribution in [-0.4, -0.2) is 23.5 Å². The van der Waals surface area contributed by atoms with Gasteiger partial charge in [-0.25, -0.2) is 9.78 Å². The van der Waals surface area contributed by atoms with Crippen molar-refractivity contribution in [3.8, 4) is 0 Å². The van der Waals surface area contributed by atoms with Gasteiger partial charge in [-0.1, -0.05) is 30.3 Å². The van der Waals surface area contributed by atoms with Crippen molar-refractivity contribution in [3.63, 3.8) is 0 Å². The molecule has 0 aliphatic rings. The number of carbonyl (C=O) groups is 2. The molecule has 1 aromatic heterocycles. The topological polar surface area (TPSA) is 80.3 Å². The summed E-state index contributed by atoms with van der Waals surface area (Å²) >= 11 is 1.60. The van der Waals surface area contributed by atoms with Crippen LogP contribution in [0.5, 0.6) is 0 Å². The number of hydrogen-bond acceptors (Lipinski definition) is 5. The Morgan fingerprint density at radius 3 is 2.78 bits per heavy atom. The summed E-state index contributed by atoms with van der Waals surface area (Å²) in [5.74, 6) is -0.0879. The smallest absolute Gasteiger partial charge is 0.407 e. The van der Waals surface area contributed by atoms with Crippen LogP contribution >= 0.6 is 11.3 Å². The fourth-order valence-electron chi connectivity index (χ4n) is 2.55. The lowest BCUT2D eigenvalue weighted by molar-refractivity contribution is -0.116. The molecular formula is C20H21N3O3S. The molecular weight excluding hydrogens is 362 g/mol. The van der Waals surface area contributed by atoms with E-state index in [0.29, 0.717) is 19.4 Å². The molecule has 0 aliphatic heterocycles. The minimum absolute atomic E-state index is 0.0879. The summed E-state index contributed by atoms with van der Waals surface area (Å²) in [6.45, 7) is 2.57. The van der Waals surface area contributed by atoms with Gasteiger partial charge in [0.25, 0.3) is 0 Å². The number of alkyl carbamates (subject to hydrolysis) is 1. The molecule has 2 N–H and O–H groups in total. The van der Waals surface area contributed by atoms with Crippen molar-refractivity contribution >= 4 is 39.2 Å². The molecule has 0 atom stereocenters. The third kappa shape index (κ3) is 5.79. The molecule has 0 radical (unpaired) electrons. The molecule has 0 saturated carbocycles. The minimum Gasteiger partial charge on any atom is -0.445 e. The summed E-state index contributed by atoms with van der Waals surface area (Å²) in [6, 6.07) is 15.1. The van der Waals surface area contributed by atoms with Gasteiger partial charge in [0.2, 0.25) is 5.91 Å². The molecule has 3 rings (SSSR count). The number of aromatic nitrogens is 1. The summed E-state index contributed by atoms with van der Waals surface area (Å²) in [6.07, 6.45) is 0.373. The van der Waals surface area contributed by atoms with Crippen molar-refractivity contribution in [1.29, 1.82) is 0 Å². The maximum absolute atomic E-state index is 12.0. The molecule has 6 nitrogen and oxygen atoms in total. The van der Waals surface area contributed by atoms with Crippen LogP contribution in [0, 0.1) is 6.92 Å². The van der Waals surface area contributed by atoms with Crippen LogP contribution < -0.4 is 10.6 Å². The first-order valence-corrected chi connectivity index (χ1v) is 9.53. The number of aryl methyl sites for hydroxylation is 1. The van der Waals surface area contributed by atoms with Gasteiger partial charge in [0.05, 0.1) is 15.2 Å². The minimum atomic E-state index is -0.481. The summed E-state index contributed by atoms with van der Waals surface area (Å²) < 4.78 is 6.17. The van der Waals surface area contributed by atoms with Crippen LogP contribution in [-0.2, 0) is 16.1 Å².